The minimum atomic E-state index is 0. The molecule has 0 bridgehead atoms. The highest BCUT2D eigenvalue weighted by Crippen LogP contribution is 1.81. The van der Waals surface area contributed by atoms with Gasteiger partial charge in [-0.05, 0) is 7.43 Å². The summed E-state index contributed by atoms with van der Waals surface area (Å²) in [5, 5.41) is 0. The average Bonchev–Trinajstić information content (AvgIpc) is 1.68. The number of rotatable bonds is 3. The van der Waals surface area contributed by atoms with E-state index in [1.807, 2.05) is 0 Å². The topological polar surface area (TPSA) is 34.1 Å². The maximum absolute atomic E-state index is 10.2. The van der Waals surface area contributed by atoms with Crippen LogP contribution in [0.2, 0.25) is 0 Å². The van der Waals surface area contributed by atoms with E-state index in [1.54, 1.807) is 6.92 Å². The summed E-state index contributed by atoms with van der Waals surface area (Å²) in [6.07, 6.45) is 1.18. The SMILES string of the molecule is CCC(=O)CC=O.[CH]. The van der Waals surface area contributed by atoms with Gasteiger partial charge in [-0.3, -0.25) is 4.79 Å². The molecule has 0 aromatic heterocycles. The summed E-state index contributed by atoms with van der Waals surface area (Å²) in [5.74, 6) is 0.00926. The van der Waals surface area contributed by atoms with Gasteiger partial charge in [0.2, 0.25) is 0 Å². The molecular weight excluding hydrogens is 104 g/mol. The minimum Gasteiger partial charge on any atom is -0.303 e. The van der Waals surface area contributed by atoms with Crippen molar-refractivity contribution in [3.63, 3.8) is 0 Å². The Morgan fingerprint density at radius 3 is 2.25 bits per heavy atom. The first-order chi connectivity index (χ1) is 3.31. The molecule has 0 aromatic carbocycles. The van der Waals surface area contributed by atoms with Crippen molar-refractivity contribution in [1.82, 2.24) is 0 Å². The van der Waals surface area contributed by atoms with E-state index in [0.717, 1.165) is 0 Å². The molecule has 0 saturated heterocycles. The molecule has 0 aromatic rings. The minimum absolute atomic E-state index is 0. The zero-order chi connectivity index (χ0) is 5.70. The molecule has 0 aliphatic carbocycles. The lowest BCUT2D eigenvalue weighted by Crippen LogP contribution is -1.93. The van der Waals surface area contributed by atoms with E-state index in [2.05, 4.69) is 0 Å². The van der Waals surface area contributed by atoms with Crippen molar-refractivity contribution in [3.8, 4) is 0 Å². The molecule has 2 nitrogen and oxygen atoms in total. The van der Waals surface area contributed by atoms with E-state index in [-0.39, 0.29) is 19.6 Å². The average molecular weight is 113 g/mol. The van der Waals surface area contributed by atoms with Gasteiger partial charge in [-0.15, -0.1) is 0 Å². The Bertz CT molecular complexity index is 76.6. The van der Waals surface area contributed by atoms with Crippen LogP contribution in [-0.2, 0) is 9.59 Å². The fourth-order valence-corrected chi connectivity index (χ4v) is 0.237. The van der Waals surface area contributed by atoms with Crippen molar-refractivity contribution in [1.29, 1.82) is 0 Å². The first-order valence-electron chi connectivity index (χ1n) is 2.26. The van der Waals surface area contributed by atoms with Gasteiger partial charge in [-0.1, -0.05) is 6.92 Å². The summed E-state index contributed by atoms with van der Waals surface area (Å²) in [7, 11) is 0. The first kappa shape index (κ1) is 10.3. The molecule has 0 aliphatic heterocycles. The summed E-state index contributed by atoms with van der Waals surface area (Å²) >= 11 is 0. The predicted octanol–water partition coefficient (Wildman–Crippen LogP) is 0.759. The Morgan fingerprint density at radius 2 is 2.12 bits per heavy atom. The van der Waals surface area contributed by atoms with Crippen molar-refractivity contribution in [2.24, 2.45) is 0 Å². The number of carbonyl (C=O) groups excluding carboxylic acids is 2. The van der Waals surface area contributed by atoms with Crippen molar-refractivity contribution >= 4 is 12.1 Å². The highest BCUT2D eigenvalue weighted by Gasteiger charge is 1.91. The maximum atomic E-state index is 10.2. The monoisotopic (exact) mass is 113 g/mol. The number of Topliss-reactive ketones (excluding diaryl/α,β-unsaturated/α-hetero) is 1. The lowest BCUT2D eigenvalue weighted by molar-refractivity contribution is -0.122. The van der Waals surface area contributed by atoms with Crippen LogP contribution < -0.4 is 0 Å². The van der Waals surface area contributed by atoms with Crippen LogP contribution in [0.5, 0.6) is 0 Å². The largest absolute Gasteiger partial charge is 0.303 e. The van der Waals surface area contributed by atoms with Crippen molar-refractivity contribution in [2.45, 2.75) is 19.8 Å². The van der Waals surface area contributed by atoms with Crippen LogP contribution in [0.1, 0.15) is 19.8 Å². The molecule has 0 spiro atoms. The Hall–Kier alpha value is -0.660. The maximum Gasteiger partial charge on any atom is 0.139 e. The van der Waals surface area contributed by atoms with Crippen LogP contribution in [0.25, 0.3) is 0 Å². The Labute approximate surface area is 49.9 Å². The standard InChI is InChI=1S/C5H8O2.CH/c1-2-5(7)3-4-6;/h4H,2-3H2,1H3;1H. The third kappa shape index (κ3) is 5.34. The van der Waals surface area contributed by atoms with E-state index >= 15 is 0 Å². The summed E-state index contributed by atoms with van der Waals surface area (Å²) in [4.78, 5) is 19.7. The molecule has 2 heteroatoms. The molecular formula is C6H9O2. The van der Waals surface area contributed by atoms with Gasteiger partial charge in [0.1, 0.15) is 12.1 Å². The molecule has 0 unspecified atom stereocenters. The molecule has 45 valence electrons. The molecule has 0 amide bonds. The van der Waals surface area contributed by atoms with Crippen LogP contribution in [-0.4, -0.2) is 12.1 Å². The molecule has 0 N–H and O–H groups in total. The third-order valence-corrected chi connectivity index (χ3v) is 0.705. The molecule has 0 aliphatic rings. The molecule has 8 heavy (non-hydrogen) atoms. The zero-order valence-electron chi connectivity index (χ0n) is 4.89. The van der Waals surface area contributed by atoms with Crippen molar-refractivity contribution < 1.29 is 9.59 Å². The lowest BCUT2D eigenvalue weighted by atomic mass is 10.2. The third-order valence-electron chi connectivity index (χ3n) is 0.705. The second-order valence-corrected chi connectivity index (χ2v) is 1.26. The van der Waals surface area contributed by atoms with Gasteiger partial charge < -0.3 is 4.79 Å². The quantitative estimate of drug-likeness (QED) is 0.400. The van der Waals surface area contributed by atoms with Gasteiger partial charge in [-0.25, -0.2) is 0 Å². The Balaban J connectivity index is 0. The molecule has 0 fully saturated rings. The molecule has 0 atom stereocenters. The Kier molecular flexibility index (Phi) is 8.20. The van der Waals surface area contributed by atoms with E-state index in [9.17, 15) is 9.59 Å². The van der Waals surface area contributed by atoms with E-state index in [0.29, 0.717) is 12.7 Å². The fraction of sp³-hybridized carbons (Fsp3) is 0.500. The summed E-state index contributed by atoms with van der Waals surface area (Å²) < 4.78 is 0. The van der Waals surface area contributed by atoms with Gasteiger partial charge in [-0.2, -0.15) is 0 Å². The normalized spacial score (nSPS) is 7.12. The van der Waals surface area contributed by atoms with Gasteiger partial charge in [0.05, 0.1) is 6.42 Å². The highest BCUT2D eigenvalue weighted by atomic mass is 16.1. The summed E-state index contributed by atoms with van der Waals surface area (Å²) in [6, 6.07) is 0. The zero-order valence-corrected chi connectivity index (χ0v) is 4.89. The predicted molar refractivity (Wildman–Crippen MR) is 30.3 cm³/mol. The van der Waals surface area contributed by atoms with Crippen LogP contribution >= 0.6 is 0 Å². The highest BCUT2D eigenvalue weighted by molar-refractivity contribution is 5.89. The van der Waals surface area contributed by atoms with Gasteiger partial charge in [0.15, 0.2) is 0 Å². The van der Waals surface area contributed by atoms with Gasteiger partial charge in [0, 0.05) is 6.42 Å². The number of ketones is 1. The Morgan fingerprint density at radius 1 is 1.62 bits per heavy atom. The number of hydrogen-bond acceptors (Lipinski definition) is 2. The van der Waals surface area contributed by atoms with E-state index in [4.69, 9.17) is 0 Å². The van der Waals surface area contributed by atoms with Gasteiger partial charge in [0.25, 0.3) is 0 Å². The summed E-state index contributed by atoms with van der Waals surface area (Å²) in [6.45, 7) is 1.74. The van der Waals surface area contributed by atoms with Crippen LogP contribution in [0, 0.1) is 7.43 Å². The van der Waals surface area contributed by atoms with Crippen LogP contribution in [0.4, 0.5) is 0 Å². The van der Waals surface area contributed by atoms with E-state index in [1.165, 1.54) is 0 Å². The molecule has 0 rings (SSSR count). The summed E-state index contributed by atoms with van der Waals surface area (Å²) in [5.41, 5.74) is 0. The number of carbonyl (C=O) groups is 2. The van der Waals surface area contributed by atoms with Crippen LogP contribution in [0.3, 0.4) is 0 Å². The fourth-order valence-electron chi connectivity index (χ4n) is 0.237. The second-order valence-electron chi connectivity index (χ2n) is 1.26. The lowest BCUT2D eigenvalue weighted by Gasteiger charge is -1.80. The van der Waals surface area contributed by atoms with E-state index < -0.39 is 0 Å². The van der Waals surface area contributed by atoms with Crippen LogP contribution in [0.15, 0.2) is 0 Å². The van der Waals surface area contributed by atoms with Gasteiger partial charge >= 0.3 is 0 Å². The van der Waals surface area contributed by atoms with Crippen molar-refractivity contribution in [2.75, 3.05) is 0 Å². The number of aldehydes is 1. The molecule has 3 radical (unpaired) electrons. The molecule has 0 heterocycles. The smallest absolute Gasteiger partial charge is 0.139 e. The van der Waals surface area contributed by atoms with Crippen molar-refractivity contribution in [3.05, 3.63) is 7.43 Å². The second kappa shape index (κ2) is 6.34. The molecule has 0 saturated carbocycles. The number of hydrogen-bond donors (Lipinski definition) is 0. The first-order valence-corrected chi connectivity index (χ1v) is 2.26.